The van der Waals surface area contributed by atoms with E-state index in [4.69, 9.17) is 17.3 Å². The molecule has 58 valence electrons. The van der Waals surface area contributed by atoms with Crippen LogP contribution in [0.5, 0.6) is 0 Å². The van der Waals surface area contributed by atoms with Gasteiger partial charge in [-0.1, -0.05) is 11.6 Å². The van der Waals surface area contributed by atoms with E-state index in [2.05, 4.69) is 17.2 Å². The first kappa shape index (κ1) is 8.43. The molecule has 0 spiro atoms. The van der Waals surface area contributed by atoms with Crippen LogP contribution in [-0.4, -0.2) is 5.84 Å². The van der Waals surface area contributed by atoms with Gasteiger partial charge in [0.1, 0.15) is 5.84 Å². The average molecular weight is 187 g/mol. The van der Waals surface area contributed by atoms with E-state index in [0.29, 0.717) is 10.9 Å². The fourth-order valence-electron chi connectivity index (χ4n) is 0.678. The molecule has 11 heavy (non-hydrogen) atoms. The highest BCUT2D eigenvalue weighted by molar-refractivity contribution is 7.79. The second-order valence-electron chi connectivity index (χ2n) is 1.99. The van der Waals surface area contributed by atoms with Crippen LogP contribution in [0.2, 0.25) is 5.02 Å². The molecule has 0 amide bonds. The second kappa shape index (κ2) is 3.64. The van der Waals surface area contributed by atoms with Crippen LogP contribution < -0.4 is 5.73 Å². The highest BCUT2D eigenvalue weighted by Gasteiger charge is 1.95. The van der Waals surface area contributed by atoms with Crippen LogP contribution in [0.1, 0.15) is 5.56 Å². The Morgan fingerprint density at radius 1 is 1.36 bits per heavy atom. The quantitative estimate of drug-likeness (QED) is 0.393. The van der Waals surface area contributed by atoms with E-state index in [1.807, 2.05) is 0 Å². The maximum Gasteiger partial charge on any atom is 0.138 e. The van der Waals surface area contributed by atoms with Gasteiger partial charge in [-0.2, -0.15) is 0 Å². The second-order valence-corrected chi connectivity index (χ2v) is 2.63. The molecule has 1 aromatic carbocycles. The van der Waals surface area contributed by atoms with E-state index in [0.717, 1.165) is 5.56 Å². The third kappa shape index (κ3) is 2.13. The number of thiol groups is 1. The molecule has 1 rings (SSSR count). The van der Waals surface area contributed by atoms with Crippen LogP contribution >= 0.6 is 24.4 Å². The molecule has 0 saturated carbocycles. The minimum absolute atomic E-state index is 0.394. The zero-order valence-corrected chi connectivity index (χ0v) is 7.31. The van der Waals surface area contributed by atoms with Crippen LogP contribution in [0.15, 0.2) is 28.7 Å². The van der Waals surface area contributed by atoms with Crippen molar-refractivity contribution in [1.82, 2.24) is 0 Å². The van der Waals surface area contributed by atoms with Gasteiger partial charge in [0.25, 0.3) is 0 Å². The van der Waals surface area contributed by atoms with Gasteiger partial charge < -0.3 is 5.73 Å². The number of halogens is 1. The molecule has 0 heterocycles. The molecule has 4 heteroatoms. The normalized spacial score (nSPS) is 11.6. The summed E-state index contributed by atoms with van der Waals surface area (Å²) >= 11 is 9.34. The molecule has 0 aliphatic heterocycles. The summed E-state index contributed by atoms with van der Waals surface area (Å²) in [5.74, 6) is 0.394. The van der Waals surface area contributed by atoms with Gasteiger partial charge in [0.2, 0.25) is 0 Å². The maximum atomic E-state index is 5.66. The lowest BCUT2D eigenvalue weighted by atomic mass is 10.2. The molecule has 2 N–H and O–H groups in total. The van der Waals surface area contributed by atoms with E-state index in [1.165, 1.54) is 0 Å². The van der Waals surface area contributed by atoms with Gasteiger partial charge in [-0.25, -0.2) is 4.40 Å². The van der Waals surface area contributed by atoms with Crippen LogP contribution in [0.3, 0.4) is 0 Å². The smallest absolute Gasteiger partial charge is 0.138 e. The number of amidine groups is 1. The minimum atomic E-state index is 0.394. The summed E-state index contributed by atoms with van der Waals surface area (Å²) in [6, 6.07) is 7.08. The van der Waals surface area contributed by atoms with Crippen molar-refractivity contribution in [1.29, 1.82) is 0 Å². The van der Waals surface area contributed by atoms with Crippen molar-refractivity contribution in [3.8, 4) is 0 Å². The van der Waals surface area contributed by atoms with Gasteiger partial charge in [0.15, 0.2) is 0 Å². The first-order valence-electron chi connectivity index (χ1n) is 2.97. The lowest BCUT2D eigenvalue weighted by Gasteiger charge is -1.97. The zero-order chi connectivity index (χ0) is 8.27. The molecule has 0 unspecified atom stereocenters. The fourth-order valence-corrected chi connectivity index (χ4v) is 0.920. The highest BCUT2D eigenvalue weighted by Crippen LogP contribution is 2.09. The molecular weight excluding hydrogens is 180 g/mol. The van der Waals surface area contributed by atoms with Gasteiger partial charge in [0.05, 0.1) is 0 Å². The maximum absolute atomic E-state index is 5.66. The first-order chi connectivity index (χ1) is 5.24. The molecule has 0 aromatic heterocycles. The Hall–Kier alpha value is -0.670. The summed E-state index contributed by atoms with van der Waals surface area (Å²) in [6.07, 6.45) is 0. The Kier molecular flexibility index (Phi) is 2.79. The molecule has 0 atom stereocenters. The Bertz CT molecular complexity index is 268. The van der Waals surface area contributed by atoms with Crippen LogP contribution in [-0.2, 0) is 0 Å². The minimum Gasteiger partial charge on any atom is -0.383 e. The highest BCUT2D eigenvalue weighted by atomic mass is 35.5. The van der Waals surface area contributed by atoms with Crippen LogP contribution in [0, 0.1) is 0 Å². The molecule has 0 aliphatic rings. The van der Waals surface area contributed by atoms with Crippen molar-refractivity contribution >= 4 is 30.3 Å². The van der Waals surface area contributed by atoms with Crippen molar-refractivity contribution in [2.24, 2.45) is 10.1 Å². The number of nitrogens with two attached hydrogens (primary N) is 1. The number of hydrogen-bond donors (Lipinski definition) is 2. The van der Waals surface area contributed by atoms with Gasteiger partial charge in [-0.15, -0.1) is 0 Å². The SMILES string of the molecule is N/C(=N\S)c1ccc(Cl)cc1. The van der Waals surface area contributed by atoms with E-state index in [9.17, 15) is 0 Å². The summed E-state index contributed by atoms with van der Waals surface area (Å²) in [4.78, 5) is 0. The third-order valence-corrected chi connectivity index (χ3v) is 1.72. The zero-order valence-electron chi connectivity index (χ0n) is 5.66. The van der Waals surface area contributed by atoms with E-state index in [1.54, 1.807) is 24.3 Å². The summed E-state index contributed by atoms with van der Waals surface area (Å²) in [7, 11) is 0. The molecule has 0 bridgehead atoms. The van der Waals surface area contributed by atoms with E-state index < -0.39 is 0 Å². The number of benzene rings is 1. The van der Waals surface area contributed by atoms with Gasteiger partial charge in [0, 0.05) is 10.6 Å². The van der Waals surface area contributed by atoms with Crippen molar-refractivity contribution in [2.45, 2.75) is 0 Å². The van der Waals surface area contributed by atoms with Gasteiger partial charge >= 0.3 is 0 Å². The summed E-state index contributed by atoms with van der Waals surface area (Å²) in [5, 5.41) is 0.681. The fraction of sp³-hybridized carbons (Fsp3) is 0. The number of rotatable bonds is 1. The van der Waals surface area contributed by atoms with E-state index >= 15 is 0 Å². The molecular formula is C7H7ClN2S. The van der Waals surface area contributed by atoms with Crippen molar-refractivity contribution in [2.75, 3.05) is 0 Å². The standard InChI is InChI=1S/C7H7ClN2S/c8-6-3-1-5(2-4-6)7(9)10-11/h1-4,11H,(H2,9,10). The van der Waals surface area contributed by atoms with Crippen molar-refractivity contribution in [3.05, 3.63) is 34.9 Å². The first-order valence-corrected chi connectivity index (χ1v) is 3.75. The summed E-state index contributed by atoms with van der Waals surface area (Å²) in [5.41, 5.74) is 6.30. The molecule has 0 saturated heterocycles. The topological polar surface area (TPSA) is 38.4 Å². The molecule has 0 radical (unpaired) electrons. The van der Waals surface area contributed by atoms with Crippen molar-refractivity contribution in [3.63, 3.8) is 0 Å². The van der Waals surface area contributed by atoms with Crippen LogP contribution in [0.25, 0.3) is 0 Å². The molecule has 1 aromatic rings. The monoisotopic (exact) mass is 186 g/mol. The summed E-state index contributed by atoms with van der Waals surface area (Å²) in [6.45, 7) is 0. The lowest BCUT2D eigenvalue weighted by molar-refractivity contribution is 1.57. The Morgan fingerprint density at radius 3 is 2.36 bits per heavy atom. The Morgan fingerprint density at radius 2 is 1.91 bits per heavy atom. The predicted molar refractivity (Wildman–Crippen MR) is 51.2 cm³/mol. The molecule has 0 aliphatic carbocycles. The predicted octanol–water partition coefficient (Wildman–Crippen LogP) is 1.89. The Balaban J connectivity index is 2.99. The summed E-state index contributed by atoms with van der Waals surface area (Å²) < 4.78 is 3.53. The van der Waals surface area contributed by atoms with Gasteiger partial charge in [-0.05, 0) is 37.1 Å². The van der Waals surface area contributed by atoms with E-state index in [-0.39, 0.29) is 0 Å². The third-order valence-electron chi connectivity index (χ3n) is 1.25. The number of nitrogens with zero attached hydrogens (tertiary/aromatic N) is 1. The van der Waals surface area contributed by atoms with Crippen LogP contribution in [0.4, 0.5) is 0 Å². The van der Waals surface area contributed by atoms with Crippen molar-refractivity contribution < 1.29 is 0 Å². The molecule has 2 nitrogen and oxygen atoms in total. The lowest BCUT2D eigenvalue weighted by Crippen LogP contribution is -2.11. The number of hydrogen-bond acceptors (Lipinski definition) is 2. The average Bonchev–Trinajstić information content (AvgIpc) is 2.05. The largest absolute Gasteiger partial charge is 0.383 e. The van der Waals surface area contributed by atoms with Gasteiger partial charge in [-0.3, -0.25) is 0 Å². The Labute approximate surface area is 75.6 Å². The molecule has 0 fully saturated rings.